The van der Waals surface area contributed by atoms with Crippen LogP contribution in [0, 0.1) is 10.1 Å². The van der Waals surface area contributed by atoms with Gasteiger partial charge >= 0.3 is 5.69 Å². The van der Waals surface area contributed by atoms with Gasteiger partial charge in [0, 0.05) is 30.5 Å². The van der Waals surface area contributed by atoms with Gasteiger partial charge in [0.05, 0.1) is 25.2 Å². The van der Waals surface area contributed by atoms with Crippen molar-refractivity contribution in [2.24, 2.45) is 0 Å². The average Bonchev–Trinajstić information content (AvgIpc) is 2.68. The number of nitrogens with zero attached hydrogens (tertiary/aromatic N) is 1. The Labute approximate surface area is 162 Å². The van der Waals surface area contributed by atoms with E-state index in [-0.39, 0.29) is 23.6 Å². The van der Waals surface area contributed by atoms with Gasteiger partial charge in [0.15, 0.2) is 17.2 Å². The van der Waals surface area contributed by atoms with Gasteiger partial charge in [0.2, 0.25) is 0 Å². The van der Waals surface area contributed by atoms with E-state index < -0.39 is 10.8 Å². The summed E-state index contributed by atoms with van der Waals surface area (Å²) in [7, 11) is 3.07. The maximum absolute atomic E-state index is 12.5. The Hall–Kier alpha value is -3.33. The van der Waals surface area contributed by atoms with Crippen LogP contribution in [0.4, 0.5) is 11.4 Å². The number of benzene rings is 2. The van der Waals surface area contributed by atoms with Crippen LogP contribution in [0.1, 0.15) is 17.3 Å². The van der Waals surface area contributed by atoms with Crippen LogP contribution >= 0.6 is 0 Å². The first kappa shape index (κ1) is 21.0. The smallest absolute Gasteiger partial charge is 0.311 e. The number of amides is 1. The van der Waals surface area contributed by atoms with E-state index in [2.05, 4.69) is 5.32 Å². The van der Waals surface area contributed by atoms with Crippen molar-refractivity contribution in [3.63, 3.8) is 0 Å². The van der Waals surface area contributed by atoms with Crippen molar-refractivity contribution in [1.82, 2.24) is 0 Å². The van der Waals surface area contributed by atoms with Gasteiger partial charge in [-0.3, -0.25) is 14.9 Å². The Morgan fingerprint density at radius 2 is 1.79 bits per heavy atom. The summed E-state index contributed by atoms with van der Waals surface area (Å²) >= 11 is 0. The van der Waals surface area contributed by atoms with Gasteiger partial charge < -0.3 is 24.3 Å². The summed E-state index contributed by atoms with van der Waals surface area (Å²) in [5.74, 6) is 0.558. The Morgan fingerprint density at radius 1 is 1.04 bits per heavy atom. The highest BCUT2D eigenvalue weighted by molar-refractivity contribution is 6.05. The molecule has 0 radical (unpaired) electrons. The molecule has 150 valence electrons. The Morgan fingerprint density at radius 3 is 2.43 bits per heavy atom. The average molecular weight is 390 g/mol. The number of hydrogen-bond donors (Lipinski definition) is 1. The normalized spacial score (nSPS) is 10.2. The molecule has 0 atom stereocenters. The second kappa shape index (κ2) is 10.1. The molecule has 0 saturated carbocycles. The first-order valence-corrected chi connectivity index (χ1v) is 8.52. The van der Waals surface area contributed by atoms with Crippen molar-refractivity contribution >= 4 is 17.3 Å². The van der Waals surface area contributed by atoms with Crippen molar-refractivity contribution < 1.29 is 28.7 Å². The number of carbonyl (C=O) groups is 1. The zero-order chi connectivity index (χ0) is 20.5. The van der Waals surface area contributed by atoms with Crippen molar-refractivity contribution in [1.29, 1.82) is 0 Å². The molecule has 0 aliphatic rings. The van der Waals surface area contributed by atoms with Crippen molar-refractivity contribution in [3.8, 4) is 17.2 Å². The highest BCUT2D eigenvalue weighted by Crippen LogP contribution is 2.31. The molecule has 0 aliphatic heterocycles. The number of nitro groups is 1. The Balaban J connectivity index is 2.21. The topological polar surface area (TPSA) is 109 Å². The largest absolute Gasteiger partial charge is 0.493 e. The standard InChI is InChI=1S/C19H22N2O7/c1-4-27-16-7-5-13(11-15(16)21(23)24)19(22)20-14-6-8-17(26-3)18(12-14)28-10-9-25-2/h5-8,11-12H,4,9-10H2,1-3H3,(H,20,22). The zero-order valence-corrected chi connectivity index (χ0v) is 15.9. The molecule has 28 heavy (non-hydrogen) atoms. The fourth-order valence-electron chi connectivity index (χ4n) is 2.38. The summed E-state index contributed by atoms with van der Waals surface area (Å²) in [6.07, 6.45) is 0. The van der Waals surface area contributed by atoms with E-state index in [1.54, 1.807) is 32.2 Å². The van der Waals surface area contributed by atoms with Gasteiger partial charge in [-0.05, 0) is 31.2 Å². The summed E-state index contributed by atoms with van der Waals surface area (Å²) < 4.78 is 21.0. The number of hydrogen-bond acceptors (Lipinski definition) is 7. The van der Waals surface area contributed by atoms with E-state index >= 15 is 0 Å². The molecule has 2 rings (SSSR count). The third-order valence-corrected chi connectivity index (χ3v) is 3.68. The first-order chi connectivity index (χ1) is 13.5. The van der Waals surface area contributed by atoms with Gasteiger partial charge in [-0.2, -0.15) is 0 Å². The van der Waals surface area contributed by atoms with E-state index in [0.29, 0.717) is 30.4 Å². The van der Waals surface area contributed by atoms with Crippen LogP contribution in [0.3, 0.4) is 0 Å². The zero-order valence-electron chi connectivity index (χ0n) is 15.9. The molecule has 2 aromatic carbocycles. The Kier molecular flexibility index (Phi) is 7.58. The summed E-state index contributed by atoms with van der Waals surface area (Å²) in [6, 6.07) is 8.95. The number of ether oxygens (including phenoxy) is 4. The molecule has 0 aliphatic carbocycles. The quantitative estimate of drug-likeness (QED) is 0.377. The number of carbonyl (C=O) groups excluding carboxylic acids is 1. The van der Waals surface area contributed by atoms with Gasteiger partial charge in [-0.1, -0.05) is 0 Å². The lowest BCUT2D eigenvalue weighted by molar-refractivity contribution is -0.385. The van der Waals surface area contributed by atoms with Gasteiger partial charge in [-0.15, -0.1) is 0 Å². The van der Waals surface area contributed by atoms with Crippen LogP contribution in [0.5, 0.6) is 17.2 Å². The third kappa shape index (κ3) is 5.34. The molecule has 0 saturated heterocycles. The predicted octanol–water partition coefficient (Wildman–Crippen LogP) is 3.28. The van der Waals surface area contributed by atoms with Crippen LogP contribution in [-0.2, 0) is 4.74 Å². The van der Waals surface area contributed by atoms with E-state index in [0.717, 1.165) is 0 Å². The van der Waals surface area contributed by atoms with Crippen LogP contribution in [0.2, 0.25) is 0 Å². The minimum Gasteiger partial charge on any atom is -0.493 e. The molecule has 2 aromatic rings. The molecule has 1 amide bonds. The molecular formula is C19H22N2O7. The number of anilines is 1. The molecule has 0 heterocycles. The van der Waals surface area contributed by atoms with Crippen molar-refractivity contribution in [2.75, 3.05) is 39.4 Å². The van der Waals surface area contributed by atoms with Gasteiger partial charge in [0.1, 0.15) is 6.61 Å². The molecule has 0 fully saturated rings. The molecule has 9 heteroatoms. The fourth-order valence-corrected chi connectivity index (χ4v) is 2.38. The summed E-state index contributed by atoms with van der Waals surface area (Å²) in [6.45, 7) is 2.72. The van der Waals surface area contributed by atoms with Gasteiger partial charge in [0.25, 0.3) is 5.91 Å². The lowest BCUT2D eigenvalue weighted by atomic mass is 10.1. The molecule has 0 spiro atoms. The Bertz CT molecular complexity index is 839. The van der Waals surface area contributed by atoms with Crippen LogP contribution in [0.25, 0.3) is 0 Å². The predicted molar refractivity (Wildman–Crippen MR) is 103 cm³/mol. The second-order valence-corrected chi connectivity index (χ2v) is 5.53. The van der Waals surface area contributed by atoms with E-state index in [1.165, 1.54) is 25.3 Å². The molecule has 0 bridgehead atoms. The molecule has 9 nitrogen and oxygen atoms in total. The third-order valence-electron chi connectivity index (χ3n) is 3.68. The molecule has 0 aromatic heterocycles. The summed E-state index contributed by atoms with van der Waals surface area (Å²) in [5.41, 5.74) is 0.315. The lowest BCUT2D eigenvalue weighted by Crippen LogP contribution is -2.13. The highest BCUT2D eigenvalue weighted by atomic mass is 16.6. The van der Waals surface area contributed by atoms with Crippen molar-refractivity contribution in [3.05, 3.63) is 52.1 Å². The lowest BCUT2D eigenvalue weighted by Gasteiger charge is -2.13. The van der Waals surface area contributed by atoms with Crippen molar-refractivity contribution in [2.45, 2.75) is 6.92 Å². The number of nitrogens with one attached hydrogen (secondary N) is 1. The molecular weight excluding hydrogens is 368 g/mol. The molecule has 0 unspecified atom stereocenters. The first-order valence-electron chi connectivity index (χ1n) is 8.52. The highest BCUT2D eigenvalue weighted by Gasteiger charge is 2.19. The minimum absolute atomic E-state index is 0.113. The van der Waals surface area contributed by atoms with E-state index in [1.807, 2.05) is 0 Å². The second-order valence-electron chi connectivity index (χ2n) is 5.53. The SMILES string of the molecule is CCOc1ccc(C(=O)Nc2ccc(OC)c(OCCOC)c2)cc1[N+](=O)[O-]. The monoisotopic (exact) mass is 390 g/mol. The van der Waals surface area contributed by atoms with Crippen LogP contribution in [-0.4, -0.2) is 44.9 Å². The summed E-state index contributed by atoms with van der Waals surface area (Å²) in [5, 5.41) is 13.9. The maximum atomic E-state index is 12.5. The van der Waals surface area contributed by atoms with Crippen LogP contribution < -0.4 is 19.5 Å². The molecule has 1 N–H and O–H groups in total. The number of methoxy groups -OCH3 is 2. The maximum Gasteiger partial charge on any atom is 0.311 e. The fraction of sp³-hybridized carbons (Fsp3) is 0.316. The number of rotatable bonds is 10. The van der Waals surface area contributed by atoms with E-state index in [9.17, 15) is 14.9 Å². The van der Waals surface area contributed by atoms with Crippen LogP contribution in [0.15, 0.2) is 36.4 Å². The van der Waals surface area contributed by atoms with Gasteiger partial charge in [-0.25, -0.2) is 0 Å². The summed E-state index contributed by atoms with van der Waals surface area (Å²) in [4.78, 5) is 23.2. The van der Waals surface area contributed by atoms with E-state index in [4.69, 9.17) is 18.9 Å². The number of nitro benzene ring substituents is 1. The minimum atomic E-state index is -0.586.